The zero-order valence-corrected chi connectivity index (χ0v) is 9.47. The van der Waals surface area contributed by atoms with Crippen molar-refractivity contribution in [2.75, 3.05) is 0 Å². The van der Waals surface area contributed by atoms with Crippen molar-refractivity contribution < 1.29 is 4.79 Å². The van der Waals surface area contributed by atoms with Crippen LogP contribution in [0.1, 0.15) is 36.5 Å². The molecule has 1 aromatic carbocycles. The first-order chi connectivity index (χ1) is 7.15. The molecule has 0 unspecified atom stereocenters. The molecule has 15 heavy (non-hydrogen) atoms. The Labute approximate surface area is 94.6 Å². The monoisotopic (exact) mass is 223 g/mol. The number of rotatable bonds is 3. The second kappa shape index (κ2) is 3.86. The van der Waals surface area contributed by atoms with E-state index in [4.69, 9.17) is 11.6 Å². The Kier molecular flexibility index (Phi) is 2.70. The Morgan fingerprint density at radius 2 is 2.27 bits per heavy atom. The summed E-state index contributed by atoms with van der Waals surface area (Å²) >= 11 is 5.83. The Morgan fingerprint density at radius 1 is 1.53 bits per heavy atom. The smallest absolute Gasteiger partial charge is 0.251 e. The van der Waals surface area contributed by atoms with Crippen LogP contribution in [0.25, 0.3) is 0 Å². The van der Waals surface area contributed by atoms with Gasteiger partial charge in [-0.15, -0.1) is 0 Å². The van der Waals surface area contributed by atoms with Gasteiger partial charge >= 0.3 is 0 Å². The molecule has 1 amide bonds. The summed E-state index contributed by atoms with van der Waals surface area (Å²) < 4.78 is 0. The van der Waals surface area contributed by atoms with Crippen molar-refractivity contribution in [3.63, 3.8) is 0 Å². The van der Waals surface area contributed by atoms with Crippen molar-refractivity contribution in [2.24, 2.45) is 0 Å². The molecule has 0 heterocycles. The highest BCUT2D eigenvalue weighted by molar-refractivity contribution is 6.30. The van der Waals surface area contributed by atoms with Crippen LogP contribution >= 0.6 is 11.6 Å². The fourth-order valence-corrected chi connectivity index (χ4v) is 1.85. The molecule has 3 heteroatoms. The van der Waals surface area contributed by atoms with E-state index in [9.17, 15) is 4.79 Å². The topological polar surface area (TPSA) is 29.1 Å². The first-order valence-electron chi connectivity index (χ1n) is 5.23. The van der Waals surface area contributed by atoms with Gasteiger partial charge in [-0.3, -0.25) is 4.79 Å². The van der Waals surface area contributed by atoms with Gasteiger partial charge in [-0.05, 0) is 37.5 Å². The summed E-state index contributed by atoms with van der Waals surface area (Å²) in [5.41, 5.74) is 0.710. The van der Waals surface area contributed by atoms with Crippen LogP contribution in [-0.2, 0) is 0 Å². The van der Waals surface area contributed by atoms with Crippen LogP contribution in [0.2, 0.25) is 5.02 Å². The summed E-state index contributed by atoms with van der Waals surface area (Å²) in [4.78, 5) is 11.8. The molecule has 80 valence electrons. The van der Waals surface area contributed by atoms with E-state index in [0.29, 0.717) is 10.6 Å². The Morgan fingerprint density at radius 3 is 2.80 bits per heavy atom. The highest BCUT2D eigenvalue weighted by Crippen LogP contribution is 2.38. The molecular weight excluding hydrogens is 210 g/mol. The Bertz CT molecular complexity index is 385. The summed E-state index contributed by atoms with van der Waals surface area (Å²) in [6, 6.07) is 7.05. The average molecular weight is 224 g/mol. The van der Waals surface area contributed by atoms with Gasteiger partial charge in [0.15, 0.2) is 0 Å². The summed E-state index contributed by atoms with van der Waals surface area (Å²) in [5, 5.41) is 3.66. The zero-order valence-electron chi connectivity index (χ0n) is 8.72. The SMILES string of the molecule is CCC1(NC(=O)c2cccc(Cl)c2)CC1. The third kappa shape index (κ3) is 2.32. The second-order valence-corrected chi connectivity index (χ2v) is 4.53. The Balaban J connectivity index is 2.08. The molecule has 1 N–H and O–H groups in total. The summed E-state index contributed by atoms with van der Waals surface area (Å²) in [6.45, 7) is 2.10. The normalized spacial score (nSPS) is 17.2. The lowest BCUT2D eigenvalue weighted by Gasteiger charge is -2.14. The Hall–Kier alpha value is -1.02. The van der Waals surface area contributed by atoms with Crippen LogP contribution in [0.3, 0.4) is 0 Å². The van der Waals surface area contributed by atoms with Crippen LogP contribution in [-0.4, -0.2) is 11.4 Å². The van der Waals surface area contributed by atoms with E-state index in [1.807, 2.05) is 0 Å². The molecule has 0 bridgehead atoms. The third-order valence-electron chi connectivity index (χ3n) is 3.00. The molecule has 2 rings (SSSR count). The van der Waals surface area contributed by atoms with Crippen molar-refractivity contribution in [1.29, 1.82) is 0 Å². The molecule has 0 aromatic heterocycles. The lowest BCUT2D eigenvalue weighted by Crippen LogP contribution is -2.36. The summed E-state index contributed by atoms with van der Waals surface area (Å²) in [7, 11) is 0. The molecule has 1 aliphatic rings. The van der Waals surface area contributed by atoms with Crippen LogP contribution in [0, 0.1) is 0 Å². The zero-order chi connectivity index (χ0) is 10.9. The van der Waals surface area contributed by atoms with Gasteiger partial charge < -0.3 is 5.32 Å². The maximum absolute atomic E-state index is 11.8. The minimum absolute atomic E-state index is 0.0168. The molecule has 2 nitrogen and oxygen atoms in total. The number of carbonyl (C=O) groups excluding carboxylic acids is 1. The second-order valence-electron chi connectivity index (χ2n) is 4.10. The maximum Gasteiger partial charge on any atom is 0.251 e. The predicted octanol–water partition coefficient (Wildman–Crippen LogP) is 3.01. The molecule has 1 aromatic rings. The van der Waals surface area contributed by atoms with E-state index in [1.54, 1.807) is 24.3 Å². The van der Waals surface area contributed by atoms with Gasteiger partial charge in [-0.25, -0.2) is 0 Å². The van der Waals surface area contributed by atoms with Gasteiger partial charge in [-0.1, -0.05) is 24.6 Å². The van der Waals surface area contributed by atoms with Crippen LogP contribution in [0.15, 0.2) is 24.3 Å². The average Bonchev–Trinajstić information content (AvgIpc) is 2.98. The van der Waals surface area contributed by atoms with Gasteiger partial charge in [0.05, 0.1) is 0 Å². The van der Waals surface area contributed by atoms with Gasteiger partial charge in [0, 0.05) is 16.1 Å². The van der Waals surface area contributed by atoms with E-state index in [2.05, 4.69) is 12.2 Å². The van der Waals surface area contributed by atoms with Crippen molar-refractivity contribution >= 4 is 17.5 Å². The molecule has 0 radical (unpaired) electrons. The lowest BCUT2D eigenvalue weighted by molar-refractivity contribution is 0.0930. The number of nitrogens with one attached hydrogen (secondary N) is 1. The number of halogens is 1. The van der Waals surface area contributed by atoms with Gasteiger partial charge in [0.2, 0.25) is 0 Å². The van der Waals surface area contributed by atoms with E-state index in [1.165, 1.54) is 0 Å². The number of hydrogen-bond acceptors (Lipinski definition) is 1. The van der Waals surface area contributed by atoms with Gasteiger partial charge in [-0.2, -0.15) is 0 Å². The number of carbonyl (C=O) groups is 1. The molecule has 1 fully saturated rings. The highest BCUT2D eigenvalue weighted by atomic mass is 35.5. The molecule has 1 saturated carbocycles. The van der Waals surface area contributed by atoms with E-state index >= 15 is 0 Å². The van der Waals surface area contributed by atoms with Crippen molar-refractivity contribution in [3.05, 3.63) is 34.9 Å². The molecule has 0 aliphatic heterocycles. The number of hydrogen-bond donors (Lipinski definition) is 1. The van der Waals surface area contributed by atoms with E-state index in [0.717, 1.165) is 19.3 Å². The fraction of sp³-hybridized carbons (Fsp3) is 0.417. The molecule has 0 spiro atoms. The fourth-order valence-electron chi connectivity index (χ4n) is 1.66. The summed E-state index contributed by atoms with van der Waals surface area (Å²) in [6.07, 6.45) is 3.19. The van der Waals surface area contributed by atoms with Crippen LogP contribution in [0.5, 0.6) is 0 Å². The van der Waals surface area contributed by atoms with Crippen molar-refractivity contribution in [3.8, 4) is 0 Å². The van der Waals surface area contributed by atoms with E-state index < -0.39 is 0 Å². The highest BCUT2D eigenvalue weighted by Gasteiger charge is 2.42. The molecule has 1 aliphatic carbocycles. The first-order valence-corrected chi connectivity index (χ1v) is 5.61. The van der Waals surface area contributed by atoms with Gasteiger partial charge in [0.25, 0.3) is 5.91 Å². The molecular formula is C12H14ClNO. The standard InChI is InChI=1S/C12H14ClNO/c1-2-12(6-7-12)14-11(15)9-4-3-5-10(13)8-9/h3-5,8H,2,6-7H2,1H3,(H,14,15). The largest absolute Gasteiger partial charge is 0.347 e. The van der Waals surface area contributed by atoms with Crippen LogP contribution < -0.4 is 5.32 Å². The predicted molar refractivity (Wildman–Crippen MR) is 61.2 cm³/mol. The van der Waals surface area contributed by atoms with Crippen molar-refractivity contribution in [1.82, 2.24) is 5.32 Å². The van der Waals surface area contributed by atoms with Crippen LogP contribution in [0.4, 0.5) is 0 Å². The first kappa shape index (κ1) is 10.5. The lowest BCUT2D eigenvalue weighted by atomic mass is 10.1. The van der Waals surface area contributed by atoms with Gasteiger partial charge in [0.1, 0.15) is 0 Å². The number of amides is 1. The molecule has 0 saturated heterocycles. The summed E-state index contributed by atoms with van der Waals surface area (Å²) in [5.74, 6) is -0.0168. The minimum atomic E-state index is -0.0168. The quantitative estimate of drug-likeness (QED) is 0.839. The van der Waals surface area contributed by atoms with E-state index in [-0.39, 0.29) is 11.4 Å². The number of benzene rings is 1. The minimum Gasteiger partial charge on any atom is -0.347 e. The molecule has 0 atom stereocenters. The maximum atomic E-state index is 11.8. The van der Waals surface area contributed by atoms with Crippen molar-refractivity contribution in [2.45, 2.75) is 31.7 Å². The third-order valence-corrected chi connectivity index (χ3v) is 3.23.